The predicted molar refractivity (Wildman–Crippen MR) is 102 cm³/mol. The number of rotatable bonds is 8. The number of carbonyl (C=O) groups excluding carboxylic acids is 2. The number of nitrogens with zero attached hydrogens (tertiary/aromatic N) is 2. The molecule has 1 unspecified atom stereocenters. The van der Waals surface area contributed by atoms with E-state index in [1.807, 2.05) is 0 Å². The van der Waals surface area contributed by atoms with Crippen molar-refractivity contribution >= 4 is 11.7 Å². The Morgan fingerprint density at radius 3 is 2.60 bits per heavy atom. The van der Waals surface area contributed by atoms with Crippen LogP contribution in [0.5, 0.6) is 5.75 Å². The summed E-state index contributed by atoms with van der Waals surface area (Å²) < 4.78 is 41.1. The summed E-state index contributed by atoms with van der Waals surface area (Å²) in [5.74, 6) is -0.220. The molecule has 1 N–H and O–H groups in total. The summed E-state index contributed by atoms with van der Waals surface area (Å²) in [6, 6.07) is 5.73. The number of carbonyl (C=O) groups is 2. The van der Waals surface area contributed by atoms with Crippen LogP contribution >= 0.6 is 0 Å². The molecule has 0 bridgehead atoms. The van der Waals surface area contributed by atoms with E-state index in [1.54, 1.807) is 25.3 Å². The Balaban J connectivity index is 1.57. The average Bonchev–Trinajstić information content (AvgIpc) is 2.65. The number of ether oxygens (including phenoxy) is 1. The van der Waals surface area contributed by atoms with Gasteiger partial charge in [0.1, 0.15) is 17.2 Å². The number of amides is 1. The summed E-state index contributed by atoms with van der Waals surface area (Å²) in [7, 11) is 0. The zero-order valence-corrected chi connectivity index (χ0v) is 16.4. The van der Waals surface area contributed by atoms with Gasteiger partial charge in [0.25, 0.3) is 5.91 Å². The Bertz CT molecular complexity index is 896. The summed E-state index contributed by atoms with van der Waals surface area (Å²) >= 11 is 0. The largest absolute Gasteiger partial charge is 0.483 e. The van der Waals surface area contributed by atoms with Gasteiger partial charge in [0.15, 0.2) is 6.61 Å². The normalized spacial score (nSPS) is 15.2. The van der Waals surface area contributed by atoms with Crippen molar-refractivity contribution in [2.24, 2.45) is 5.92 Å². The summed E-state index contributed by atoms with van der Waals surface area (Å²) in [4.78, 5) is 32.7. The molecule has 0 spiro atoms. The Labute approximate surface area is 171 Å². The molecule has 1 atom stereocenters. The Morgan fingerprint density at radius 1 is 1.23 bits per heavy atom. The summed E-state index contributed by atoms with van der Waals surface area (Å²) in [6.45, 7) is 0.358. The van der Waals surface area contributed by atoms with Crippen molar-refractivity contribution < 1.29 is 27.5 Å². The second-order valence-corrected chi connectivity index (χ2v) is 7.33. The van der Waals surface area contributed by atoms with Crippen molar-refractivity contribution in [1.29, 1.82) is 0 Å². The van der Waals surface area contributed by atoms with Crippen LogP contribution in [-0.2, 0) is 11.2 Å². The van der Waals surface area contributed by atoms with Crippen molar-refractivity contribution in [3.8, 4) is 5.75 Å². The van der Waals surface area contributed by atoms with Crippen LogP contribution in [-0.4, -0.2) is 34.4 Å². The summed E-state index contributed by atoms with van der Waals surface area (Å²) in [6.07, 6.45) is 1.48. The molecule has 0 radical (unpaired) electrons. The van der Waals surface area contributed by atoms with Gasteiger partial charge < -0.3 is 10.1 Å². The molecule has 0 aromatic carbocycles. The first-order chi connectivity index (χ1) is 14.2. The van der Waals surface area contributed by atoms with Gasteiger partial charge in [-0.25, -0.2) is 4.98 Å². The smallest absolute Gasteiger partial charge is 0.422 e. The van der Waals surface area contributed by atoms with E-state index >= 15 is 0 Å². The van der Waals surface area contributed by atoms with Crippen LogP contribution in [0.3, 0.4) is 0 Å². The van der Waals surface area contributed by atoms with Gasteiger partial charge in [-0.05, 0) is 49.6 Å². The second-order valence-electron chi connectivity index (χ2n) is 7.33. The maximum Gasteiger partial charge on any atom is 0.422 e. The molecule has 2 aromatic heterocycles. The number of halogens is 3. The standard InChI is InChI=1S/C21H22F3N3O3/c1-13(15-7-8-25-16(9-15)10-19(28)14-3-2-4-14)27-20(29)18-6-5-17(11-26-18)30-12-21(22,23)24/h5-9,11,13-14H,2-4,10,12H2,1H3,(H,27,29). The van der Waals surface area contributed by atoms with E-state index in [2.05, 4.69) is 20.0 Å². The third-order valence-corrected chi connectivity index (χ3v) is 4.98. The third kappa shape index (κ3) is 6.01. The third-order valence-electron chi connectivity index (χ3n) is 4.98. The van der Waals surface area contributed by atoms with Gasteiger partial charge in [0.05, 0.1) is 12.2 Å². The molecule has 1 aliphatic rings. The van der Waals surface area contributed by atoms with Gasteiger partial charge in [-0.3, -0.25) is 14.6 Å². The average molecular weight is 421 g/mol. The molecule has 160 valence electrons. The SMILES string of the molecule is CC(NC(=O)c1ccc(OCC(F)(F)F)cn1)c1ccnc(CC(=O)C2CCC2)c1. The number of aromatic nitrogens is 2. The zero-order chi connectivity index (χ0) is 21.7. The van der Waals surface area contributed by atoms with Crippen molar-refractivity contribution in [2.75, 3.05) is 6.61 Å². The number of Topliss-reactive ketones (excluding diaryl/α,β-unsaturated/α-hetero) is 1. The monoisotopic (exact) mass is 421 g/mol. The maximum atomic E-state index is 12.4. The molecule has 1 amide bonds. The Morgan fingerprint density at radius 2 is 2.00 bits per heavy atom. The number of nitrogens with one attached hydrogen (secondary N) is 1. The fraction of sp³-hybridized carbons (Fsp3) is 0.429. The fourth-order valence-electron chi connectivity index (χ4n) is 3.03. The van der Waals surface area contributed by atoms with Gasteiger partial charge in [-0.1, -0.05) is 6.42 Å². The van der Waals surface area contributed by atoms with Crippen molar-refractivity contribution in [3.63, 3.8) is 0 Å². The highest BCUT2D eigenvalue weighted by Gasteiger charge is 2.28. The first-order valence-electron chi connectivity index (χ1n) is 9.65. The van der Waals surface area contributed by atoms with E-state index in [0.717, 1.165) is 31.0 Å². The van der Waals surface area contributed by atoms with E-state index in [9.17, 15) is 22.8 Å². The lowest BCUT2D eigenvalue weighted by Crippen LogP contribution is -2.28. The summed E-state index contributed by atoms with van der Waals surface area (Å²) in [5, 5.41) is 2.78. The lowest BCUT2D eigenvalue weighted by molar-refractivity contribution is -0.153. The molecule has 2 heterocycles. The lowest BCUT2D eigenvalue weighted by Gasteiger charge is -2.23. The molecule has 2 aromatic rings. The minimum Gasteiger partial charge on any atom is -0.483 e. The molecule has 30 heavy (non-hydrogen) atoms. The van der Waals surface area contributed by atoms with Crippen LogP contribution in [0.25, 0.3) is 0 Å². The topological polar surface area (TPSA) is 81.2 Å². The van der Waals surface area contributed by atoms with E-state index in [1.165, 1.54) is 12.1 Å². The highest BCUT2D eigenvalue weighted by molar-refractivity contribution is 5.92. The Hall–Kier alpha value is -2.97. The van der Waals surface area contributed by atoms with Crippen molar-refractivity contribution in [3.05, 3.63) is 53.6 Å². The first-order valence-corrected chi connectivity index (χ1v) is 9.65. The molecule has 6 nitrogen and oxygen atoms in total. The predicted octanol–water partition coefficient (Wildman–Crippen LogP) is 3.82. The highest BCUT2D eigenvalue weighted by atomic mass is 19.4. The molecule has 9 heteroatoms. The molecule has 3 rings (SSSR count). The van der Waals surface area contributed by atoms with Gasteiger partial charge in [0.2, 0.25) is 0 Å². The van der Waals surface area contributed by atoms with Gasteiger partial charge in [0, 0.05) is 24.2 Å². The van der Waals surface area contributed by atoms with Gasteiger partial charge >= 0.3 is 6.18 Å². The van der Waals surface area contributed by atoms with E-state index in [4.69, 9.17) is 0 Å². The molecule has 1 fully saturated rings. The Kier molecular flexibility index (Phi) is 6.69. The van der Waals surface area contributed by atoms with Crippen LogP contribution in [0.4, 0.5) is 13.2 Å². The van der Waals surface area contributed by atoms with Gasteiger partial charge in [-0.15, -0.1) is 0 Å². The quantitative estimate of drug-likeness (QED) is 0.701. The summed E-state index contributed by atoms with van der Waals surface area (Å²) in [5.41, 5.74) is 1.50. The number of ketones is 1. The van der Waals surface area contributed by atoms with Crippen LogP contribution in [0, 0.1) is 5.92 Å². The fourth-order valence-corrected chi connectivity index (χ4v) is 3.03. The highest BCUT2D eigenvalue weighted by Crippen LogP contribution is 2.28. The molecule has 1 aliphatic carbocycles. The van der Waals surface area contributed by atoms with E-state index < -0.39 is 18.7 Å². The number of hydrogen-bond donors (Lipinski definition) is 1. The minimum absolute atomic E-state index is 0.0515. The number of hydrogen-bond acceptors (Lipinski definition) is 5. The van der Waals surface area contributed by atoms with Gasteiger partial charge in [-0.2, -0.15) is 13.2 Å². The van der Waals surface area contributed by atoms with Crippen molar-refractivity contribution in [2.45, 2.75) is 44.8 Å². The molecule has 0 aliphatic heterocycles. The molecular weight excluding hydrogens is 399 g/mol. The van der Waals surface area contributed by atoms with E-state index in [-0.39, 0.29) is 35.6 Å². The van der Waals surface area contributed by atoms with Crippen LogP contribution in [0.15, 0.2) is 36.7 Å². The minimum atomic E-state index is -4.45. The van der Waals surface area contributed by atoms with Crippen LogP contribution in [0.2, 0.25) is 0 Å². The first kappa shape index (κ1) is 21.7. The molecule has 1 saturated carbocycles. The molecule has 0 saturated heterocycles. The second kappa shape index (κ2) is 9.23. The van der Waals surface area contributed by atoms with E-state index in [0.29, 0.717) is 5.69 Å². The maximum absolute atomic E-state index is 12.4. The number of pyridine rings is 2. The van der Waals surface area contributed by atoms with Crippen LogP contribution < -0.4 is 10.1 Å². The molecular formula is C21H22F3N3O3. The van der Waals surface area contributed by atoms with Crippen molar-refractivity contribution in [1.82, 2.24) is 15.3 Å². The number of alkyl halides is 3. The van der Waals surface area contributed by atoms with Crippen LogP contribution in [0.1, 0.15) is 54.0 Å². The lowest BCUT2D eigenvalue weighted by atomic mass is 9.81. The zero-order valence-electron chi connectivity index (χ0n) is 16.4.